The summed E-state index contributed by atoms with van der Waals surface area (Å²) in [7, 11) is 0. The van der Waals surface area contributed by atoms with E-state index in [0.717, 1.165) is 22.8 Å². The molecule has 1 aromatic rings. The summed E-state index contributed by atoms with van der Waals surface area (Å²) in [5.41, 5.74) is 6.51. The van der Waals surface area contributed by atoms with Crippen molar-refractivity contribution in [2.24, 2.45) is 31.8 Å². The Morgan fingerprint density at radius 2 is 1.09 bits per heavy atom. The Morgan fingerprint density at radius 1 is 0.618 bits per heavy atom. The predicted octanol–water partition coefficient (Wildman–Crippen LogP) is 5.59. The highest BCUT2D eigenvalue weighted by molar-refractivity contribution is 6.19. The fourth-order valence-corrected chi connectivity index (χ4v) is 6.15. The molecule has 170 valence electrons. The van der Waals surface area contributed by atoms with E-state index in [1.54, 1.807) is 0 Å². The van der Waals surface area contributed by atoms with Gasteiger partial charge in [0.2, 0.25) is 0 Å². The van der Waals surface area contributed by atoms with E-state index in [1.165, 1.54) is 62.5 Å². The minimum atomic E-state index is 0.0156. The molecule has 34 heavy (non-hydrogen) atoms. The summed E-state index contributed by atoms with van der Waals surface area (Å²) in [6.45, 7) is 0. The lowest BCUT2D eigenvalue weighted by Gasteiger charge is -2.16. The lowest BCUT2D eigenvalue weighted by molar-refractivity contribution is 0.656. The molecular formula is C29H29N5. The molecule has 0 N–H and O–H groups in total. The van der Waals surface area contributed by atoms with Crippen molar-refractivity contribution in [2.75, 3.05) is 0 Å². The van der Waals surface area contributed by atoms with Crippen LogP contribution in [0.3, 0.4) is 0 Å². The minimum Gasteiger partial charge on any atom is -0.251 e. The molecule has 2 aliphatic heterocycles. The quantitative estimate of drug-likeness (QED) is 0.593. The van der Waals surface area contributed by atoms with Crippen LogP contribution in [0.5, 0.6) is 0 Å². The molecule has 3 heterocycles. The molecule has 2 atom stereocenters. The number of rotatable bonds is 4. The lowest BCUT2D eigenvalue weighted by Crippen LogP contribution is -2.15. The number of amidine groups is 2. The van der Waals surface area contributed by atoms with E-state index in [4.69, 9.17) is 25.0 Å². The zero-order valence-electron chi connectivity index (χ0n) is 19.4. The molecule has 0 saturated heterocycles. The maximum absolute atomic E-state index is 4.88. The monoisotopic (exact) mass is 447 g/mol. The van der Waals surface area contributed by atoms with Gasteiger partial charge in [-0.15, -0.1) is 0 Å². The van der Waals surface area contributed by atoms with E-state index >= 15 is 0 Å². The molecule has 4 aliphatic carbocycles. The summed E-state index contributed by atoms with van der Waals surface area (Å²) in [6.07, 6.45) is 24.0. The van der Waals surface area contributed by atoms with Crippen molar-refractivity contribution in [1.29, 1.82) is 0 Å². The average molecular weight is 448 g/mol. The SMILES string of the molecule is C1=CC2N=C(c3cccc(C4=NC5C=CC(C6CCCC6)=CC5=N4)n3)N=C2C=C1C1CCCC1. The molecule has 0 radical (unpaired) electrons. The topological polar surface area (TPSA) is 62.3 Å². The Labute approximate surface area is 200 Å². The Bertz CT molecular complexity index is 1180. The summed E-state index contributed by atoms with van der Waals surface area (Å²) < 4.78 is 0. The first kappa shape index (κ1) is 20.2. The Hall–Kier alpha value is -3.21. The van der Waals surface area contributed by atoms with Crippen LogP contribution in [0.1, 0.15) is 62.8 Å². The van der Waals surface area contributed by atoms with Crippen molar-refractivity contribution in [2.45, 2.75) is 63.5 Å². The molecule has 0 amide bonds. The van der Waals surface area contributed by atoms with Gasteiger partial charge in [0.1, 0.15) is 23.5 Å². The summed E-state index contributed by atoms with van der Waals surface area (Å²) in [4.78, 5) is 24.3. The van der Waals surface area contributed by atoms with Crippen LogP contribution in [-0.2, 0) is 0 Å². The van der Waals surface area contributed by atoms with Crippen LogP contribution in [0.15, 0.2) is 85.8 Å². The highest BCUT2D eigenvalue weighted by Crippen LogP contribution is 2.35. The maximum atomic E-state index is 4.88. The van der Waals surface area contributed by atoms with Gasteiger partial charge >= 0.3 is 0 Å². The summed E-state index contributed by atoms with van der Waals surface area (Å²) >= 11 is 0. The van der Waals surface area contributed by atoms with Crippen molar-refractivity contribution < 1.29 is 0 Å². The number of aromatic nitrogens is 1. The van der Waals surface area contributed by atoms with Crippen molar-refractivity contribution in [3.05, 3.63) is 77.2 Å². The number of hydrogen-bond donors (Lipinski definition) is 0. The Kier molecular flexibility index (Phi) is 4.88. The van der Waals surface area contributed by atoms with Crippen molar-refractivity contribution in [3.8, 4) is 0 Å². The zero-order valence-corrected chi connectivity index (χ0v) is 19.4. The summed E-state index contributed by atoms with van der Waals surface area (Å²) in [5.74, 6) is 2.79. The Balaban J connectivity index is 1.14. The number of aliphatic imine (C=N–C) groups is 4. The fourth-order valence-electron chi connectivity index (χ4n) is 6.15. The lowest BCUT2D eigenvalue weighted by atomic mass is 9.91. The smallest absolute Gasteiger partial charge is 0.174 e. The van der Waals surface area contributed by atoms with Crippen LogP contribution in [0, 0.1) is 11.8 Å². The van der Waals surface area contributed by atoms with E-state index in [9.17, 15) is 0 Å². The molecule has 2 fully saturated rings. The van der Waals surface area contributed by atoms with E-state index in [2.05, 4.69) is 36.5 Å². The highest BCUT2D eigenvalue weighted by atomic mass is 15.1. The fraction of sp³-hybridized carbons (Fsp3) is 0.414. The van der Waals surface area contributed by atoms with Crippen LogP contribution in [-0.4, -0.2) is 40.2 Å². The normalized spacial score (nSPS) is 28.2. The third kappa shape index (κ3) is 3.58. The third-order valence-corrected chi connectivity index (χ3v) is 8.03. The number of pyridine rings is 1. The van der Waals surface area contributed by atoms with Gasteiger partial charge in [-0.05, 0) is 73.0 Å². The van der Waals surface area contributed by atoms with Gasteiger partial charge < -0.3 is 0 Å². The molecule has 7 rings (SSSR count). The standard InChI is InChI=1S/C29H29N5/c1-2-7-18(6-1)20-12-14-22-26(16-20)33-28(31-22)24-10-5-11-25(30-24)29-32-23-15-13-21(17-27(23)34-29)19-8-3-4-9-19/h5,10-19,22-23H,1-4,6-9H2. The molecular weight excluding hydrogens is 418 g/mol. The second-order valence-electron chi connectivity index (χ2n) is 10.2. The van der Waals surface area contributed by atoms with Gasteiger partial charge in [0.05, 0.1) is 11.4 Å². The van der Waals surface area contributed by atoms with Crippen LogP contribution in [0.2, 0.25) is 0 Å². The molecule has 2 saturated carbocycles. The first-order chi connectivity index (χ1) is 16.8. The van der Waals surface area contributed by atoms with Crippen LogP contribution in [0.25, 0.3) is 0 Å². The van der Waals surface area contributed by atoms with Crippen molar-refractivity contribution >= 4 is 23.1 Å². The van der Waals surface area contributed by atoms with Crippen LogP contribution >= 0.6 is 0 Å². The van der Waals surface area contributed by atoms with E-state index in [1.807, 2.05) is 18.2 Å². The van der Waals surface area contributed by atoms with Crippen molar-refractivity contribution in [3.63, 3.8) is 0 Å². The van der Waals surface area contributed by atoms with Gasteiger partial charge in [0, 0.05) is 0 Å². The maximum Gasteiger partial charge on any atom is 0.174 e. The average Bonchev–Trinajstić information content (AvgIpc) is 3.69. The molecule has 0 bridgehead atoms. The van der Waals surface area contributed by atoms with Gasteiger partial charge in [0.25, 0.3) is 0 Å². The van der Waals surface area contributed by atoms with Crippen LogP contribution < -0.4 is 0 Å². The van der Waals surface area contributed by atoms with Gasteiger partial charge in [-0.1, -0.05) is 56.1 Å². The molecule has 0 aromatic carbocycles. The first-order valence-corrected chi connectivity index (χ1v) is 12.9. The van der Waals surface area contributed by atoms with E-state index < -0.39 is 0 Å². The van der Waals surface area contributed by atoms with Gasteiger partial charge in [0.15, 0.2) is 11.7 Å². The zero-order chi connectivity index (χ0) is 22.5. The van der Waals surface area contributed by atoms with Crippen LogP contribution in [0.4, 0.5) is 0 Å². The highest BCUT2D eigenvalue weighted by Gasteiger charge is 2.29. The molecule has 1 aromatic heterocycles. The van der Waals surface area contributed by atoms with Crippen molar-refractivity contribution in [1.82, 2.24) is 4.98 Å². The number of hydrogen-bond acceptors (Lipinski definition) is 5. The van der Waals surface area contributed by atoms with E-state index in [-0.39, 0.29) is 12.1 Å². The van der Waals surface area contributed by atoms with Gasteiger partial charge in [-0.2, -0.15) is 0 Å². The molecule has 6 aliphatic rings. The molecule has 2 unspecified atom stereocenters. The molecule has 0 spiro atoms. The predicted molar refractivity (Wildman–Crippen MR) is 138 cm³/mol. The summed E-state index contributed by atoms with van der Waals surface area (Å²) in [5, 5.41) is 0. The molecule has 5 heteroatoms. The van der Waals surface area contributed by atoms with Gasteiger partial charge in [-0.25, -0.2) is 15.0 Å². The second kappa shape index (κ2) is 8.23. The van der Waals surface area contributed by atoms with Gasteiger partial charge in [-0.3, -0.25) is 9.98 Å². The number of fused-ring (bicyclic) bond motifs is 2. The summed E-state index contributed by atoms with van der Waals surface area (Å²) in [6, 6.07) is 6.02. The number of allylic oxidation sites excluding steroid dienone is 4. The largest absolute Gasteiger partial charge is 0.251 e. The first-order valence-electron chi connectivity index (χ1n) is 12.9. The third-order valence-electron chi connectivity index (χ3n) is 8.03. The number of nitrogens with zero attached hydrogens (tertiary/aromatic N) is 5. The Morgan fingerprint density at radius 3 is 1.56 bits per heavy atom. The minimum absolute atomic E-state index is 0.0156. The second-order valence-corrected chi connectivity index (χ2v) is 10.2. The van der Waals surface area contributed by atoms with E-state index in [0.29, 0.717) is 23.5 Å². The molecule has 5 nitrogen and oxygen atoms in total.